The third kappa shape index (κ3) is 3.66. The Kier molecular flexibility index (Phi) is 5.61. The molecule has 12 heavy (non-hydrogen) atoms. The van der Waals surface area contributed by atoms with E-state index < -0.39 is 6.04 Å². The predicted molar refractivity (Wildman–Crippen MR) is 43.1 cm³/mol. The van der Waals surface area contributed by atoms with E-state index >= 15 is 0 Å². The summed E-state index contributed by atoms with van der Waals surface area (Å²) in [6.45, 7) is -0.460. The minimum atomic E-state index is -0.559. The summed E-state index contributed by atoms with van der Waals surface area (Å²) in [6, 6.07) is -0.559. The number of hydrogen-bond donors (Lipinski definition) is 2. The molecule has 0 rings (SSSR count). The summed E-state index contributed by atoms with van der Waals surface area (Å²) in [6.07, 6.45) is 0. The van der Waals surface area contributed by atoms with Crippen molar-refractivity contribution < 1.29 is 15.0 Å². The zero-order valence-electron chi connectivity index (χ0n) is 7.41. The standard InChI is InChI=1S/C7H15N2O3/c1-9(2)6(5-11)7(12)8-3-4-10/h6,11H,3-5H2,1-2H3,(H,8,12). The maximum absolute atomic E-state index is 11.1. The SMILES string of the molecule is CN(C)C(CO)C(=O)NCC[O]. The Morgan fingerprint density at radius 3 is 2.50 bits per heavy atom. The van der Waals surface area contributed by atoms with Crippen molar-refractivity contribution in [3.05, 3.63) is 0 Å². The molecule has 0 aromatic carbocycles. The van der Waals surface area contributed by atoms with Crippen LogP contribution in [0.4, 0.5) is 0 Å². The van der Waals surface area contributed by atoms with E-state index in [2.05, 4.69) is 5.32 Å². The Balaban J connectivity index is 3.86. The molecule has 2 N–H and O–H groups in total. The van der Waals surface area contributed by atoms with Gasteiger partial charge in [-0.3, -0.25) is 9.69 Å². The highest BCUT2D eigenvalue weighted by atomic mass is 16.3. The van der Waals surface area contributed by atoms with Gasteiger partial charge in [0.25, 0.3) is 0 Å². The molecule has 0 spiro atoms. The number of carbonyl (C=O) groups is 1. The first-order chi connectivity index (χ1) is 5.63. The fourth-order valence-electron chi connectivity index (χ4n) is 0.773. The second-order valence-electron chi connectivity index (χ2n) is 2.66. The molecule has 1 amide bonds. The highest BCUT2D eigenvalue weighted by Crippen LogP contribution is 1.90. The molecule has 0 aromatic heterocycles. The molecule has 5 heteroatoms. The fraction of sp³-hybridized carbons (Fsp3) is 0.857. The third-order valence-electron chi connectivity index (χ3n) is 1.50. The van der Waals surface area contributed by atoms with Gasteiger partial charge in [0, 0.05) is 6.54 Å². The van der Waals surface area contributed by atoms with Crippen molar-refractivity contribution in [3.63, 3.8) is 0 Å². The Morgan fingerprint density at radius 1 is 1.58 bits per heavy atom. The molecule has 0 saturated heterocycles. The molecule has 0 aliphatic heterocycles. The number of hydrogen-bond acceptors (Lipinski definition) is 3. The van der Waals surface area contributed by atoms with Crippen LogP contribution < -0.4 is 5.32 Å². The molecule has 1 atom stereocenters. The van der Waals surface area contributed by atoms with Gasteiger partial charge in [-0.2, -0.15) is 0 Å². The van der Waals surface area contributed by atoms with E-state index in [-0.39, 0.29) is 25.7 Å². The lowest BCUT2D eigenvalue weighted by atomic mass is 10.2. The topological polar surface area (TPSA) is 72.5 Å². The van der Waals surface area contributed by atoms with Crippen molar-refractivity contribution in [1.29, 1.82) is 0 Å². The number of rotatable bonds is 5. The average molecular weight is 175 g/mol. The van der Waals surface area contributed by atoms with Crippen LogP contribution in [0.1, 0.15) is 0 Å². The first-order valence-corrected chi connectivity index (χ1v) is 3.76. The Hall–Kier alpha value is -0.650. The molecule has 1 unspecified atom stereocenters. The lowest BCUT2D eigenvalue weighted by molar-refractivity contribution is -0.127. The van der Waals surface area contributed by atoms with Crippen LogP contribution in [-0.2, 0) is 9.90 Å². The molecule has 0 heterocycles. The summed E-state index contributed by atoms with van der Waals surface area (Å²) in [5, 5.41) is 21.2. The van der Waals surface area contributed by atoms with Gasteiger partial charge in [-0.05, 0) is 14.1 Å². The van der Waals surface area contributed by atoms with Crippen molar-refractivity contribution in [1.82, 2.24) is 10.2 Å². The summed E-state index contributed by atoms with van der Waals surface area (Å²) >= 11 is 0. The van der Waals surface area contributed by atoms with E-state index in [4.69, 9.17) is 5.11 Å². The highest BCUT2D eigenvalue weighted by Gasteiger charge is 2.18. The van der Waals surface area contributed by atoms with Gasteiger partial charge in [-0.25, -0.2) is 5.11 Å². The van der Waals surface area contributed by atoms with Crippen molar-refractivity contribution in [2.45, 2.75) is 6.04 Å². The lowest BCUT2D eigenvalue weighted by Crippen LogP contribution is -2.46. The van der Waals surface area contributed by atoms with Crippen LogP contribution in [0, 0.1) is 0 Å². The summed E-state index contributed by atoms with van der Waals surface area (Å²) in [7, 11) is 3.38. The zero-order valence-corrected chi connectivity index (χ0v) is 7.41. The van der Waals surface area contributed by atoms with Crippen molar-refractivity contribution in [2.75, 3.05) is 33.9 Å². The van der Waals surface area contributed by atoms with Crippen LogP contribution in [0.25, 0.3) is 0 Å². The minimum absolute atomic E-state index is 0.114. The number of aliphatic hydroxyl groups is 1. The molecule has 0 aliphatic carbocycles. The van der Waals surface area contributed by atoms with E-state index in [1.165, 1.54) is 0 Å². The molecule has 5 nitrogen and oxygen atoms in total. The van der Waals surface area contributed by atoms with Gasteiger partial charge in [-0.15, -0.1) is 0 Å². The Bertz CT molecular complexity index is 139. The molecule has 0 saturated carbocycles. The van der Waals surface area contributed by atoms with Gasteiger partial charge in [-0.1, -0.05) is 0 Å². The molecule has 0 aromatic rings. The molecular formula is C7H15N2O3. The number of aliphatic hydroxyl groups excluding tert-OH is 1. The molecule has 1 radical (unpaired) electrons. The number of carbonyl (C=O) groups excluding carboxylic acids is 1. The maximum atomic E-state index is 11.1. The van der Waals surface area contributed by atoms with Crippen molar-refractivity contribution in [2.24, 2.45) is 0 Å². The Morgan fingerprint density at radius 2 is 2.17 bits per heavy atom. The van der Waals surface area contributed by atoms with E-state index in [0.29, 0.717) is 0 Å². The summed E-state index contributed by atoms with van der Waals surface area (Å²) in [4.78, 5) is 12.7. The van der Waals surface area contributed by atoms with Gasteiger partial charge in [0.2, 0.25) is 5.91 Å². The monoisotopic (exact) mass is 175 g/mol. The van der Waals surface area contributed by atoms with Crippen LogP contribution >= 0.6 is 0 Å². The van der Waals surface area contributed by atoms with Gasteiger partial charge in [0.15, 0.2) is 0 Å². The second kappa shape index (κ2) is 5.93. The van der Waals surface area contributed by atoms with Crippen LogP contribution in [-0.4, -0.2) is 55.8 Å². The smallest absolute Gasteiger partial charge is 0.239 e. The number of nitrogens with zero attached hydrogens (tertiary/aromatic N) is 1. The largest absolute Gasteiger partial charge is 0.394 e. The van der Waals surface area contributed by atoms with Crippen molar-refractivity contribution >= 4 is 5.91 Å². The summed E-state index contributed by atoms with van der Waals surface area (Å²) in [5.41, 5.74) is 0. The molecule has 0 aliphatic rings. The maximum Gasteiger partial charge on any atom is 0.239 e. The first kappa shape index (κ1) is 11.4. The highest BCUT2D eigenvalue weighted by molar-refractivity contribution is 5.81. The van der Waals surface area contributed by atoms with E-state index in [0.717, 1.165) is 0 Å². The van der Waals surface area contributed by atoms with Crippen LogP contribution in [0.5, 0.6) is 0 Å². The summed E-state index contributed by atoms with van der Waals surface area (Å²) in [5.74, 6) is -0.307. The van der Waals surface area contributed by atoms with Gasteiger partial charge in [0.1, 0.15) is 6.04 Å². The average Bonchev–Trinajstić information content (AvgIpc) is 2.01. The zero-order chi connectivity index (χ0) is 9.56. The second-order valence-corrected chi connectivity index (χ2v) is 2.66. The first-order valence-electron chi connectivity index (χ1n) is 3.76. The van der Waals surface area contributed by atoms with Gasteiger partial charge >= 0.3 is 0 Å². The molecule has 0 bridgehead atoms. The predicted octanol–water partition coefficient (Wildman–Crippen LogP) is -1.54. The van der Waals surface area contributed by atoms with E-state index in [9.17, 15) is 9.90 Å². The number of amides is 1. The van der Waals surface area contributed by atoms with Gasteiger partial charge < -0.3 is 10.4 Å². The van der Waals surface area contributed by atoms with Crippen LogP contribution in [0.3, 0.4) is 0 Å². The Labute approximate surface area is 72.0 Å². The molecule has 0 fully saturated rings. The molecular weight excluding hydrogens is 160 g/mol. The lowest BCUT2D eigenvalue weighted by Gasteiger charge is -2.20. The summed E-state index contributed by atoms with van der Waals surface area (Å²) < 4.78 is 0. The number of nitrogens with one attached hydrogen (secondary N) is 1. The van der Waals surface area contributed by atoms with Crippen molar-refractivity contribution in [3.8, 4) is 0 Å². The third-order valence-corrected chi connectivity index (χ3v) is 1.50. The normalized spacial score (nSPS) is 13.1. The molecule has 71 valence electrons. The number of likely N-dealkylation sites (N-methyl/N-ethyl adjacent to an activating group) is 1. The minimum Gasteiger partial charge on any atom is -0.394 e. The van der Waals surface area contributed by atoms with Crippen LogP contribution in [0.2, 0.25) is 0 Å². The fourth-order valence-corrected chi connectivity index (χ4v) is 0.773. The quantitative estimate of drug-likeness (QED) is 0.531. The van der Waals surface area contributed by atoms with Crippen LogP contribution in [0.15, 0.2) is 0 Å². The van der Waals surface area contributed by atoms with Gasteiger partial charge in [0.05, 0.1) is 13.2 Å². The van der Waals surface area contributed by atoms with E-state index in [1.807, 2.05) is 0 Å². The van der Waals surface area contributed by atoms with E-state index in [1.54, 1.807) is 19.0 Å².